The van der Waals surface area contributed by atoms with E-state index in [1.807, 2.05) is 6.92 Å². The molecule has 0 saturated carbocycles. The van der Waals surface area contributed by atoms with Crippen LogP contribution in [0.5, 0.6) is 11.5 Å². The van der Waals surface area contributed by atoms with Crippen LogP contribution in [0.2, 0.25) is 0 Å². The molecular weight excluding hydrogens is 739 g/mol. The first-order chi connectivity index (χ1) is 26.8. The number of carboxylic acid groups (broad SMARTS) is 2. The largest absolute Gasteiger partial charge is 0.497 e. The lowest BCUT2D eigenvalue weighted by atomic mass is 9.90. The lowest BCUT2D eigenvalue weighted by molar-refractivity contribution is -0.171. The number of methoxy groups -OCH3 is 1. The average Bonchev–Trinajstić information content (AvgIpc) is 3.67. The number of carboxylic acids is 2. The fourth-order valence-corrected chi connectivity index (χ4v) is 5.65. The highest BCUT2D eigenvalue weighted by atomic mass is 19.1. The summed E-state index contributed by atoms with van der Waals surface area (Å²) < 4.78 is 30.8. The monoisotopic (exact) mass is 784 g/mol. The number of halogens is 1. The van der Waals surface area contributed by atoms with Gasteiger partial charge in [0.15, 0.2) is 5.76 Å². The van der Waals surface area contributed by atoms with E-state index >= 15 is 0 Å². The van der Waals surface area contributed by atoms with Gasteiger partial charge < -0.3 is 44.9 Å². The zero-order valence-corrected chi connectivity index (χ0v) is 31.3. The van der Waals surface area contributed by atoms with Crippen LogP contribution in [-0.4, -0.2) is 89.8 Å². The molecule has 3 atom stereocenters. The van der Waals surface area contributed by atoms with Crippen molar-refractivity contribution in [3.05, 3.63) is 71.2 Å². The Morgan fingerprint density at radius 2 is 1.66 bits per heavy atom. The van der Waals surface area contributed by atoms with E-state index in [0.29, 0.717) is 23.5 Å². The van der Waals surface area contributed by atoms with Crippen molar-refractivity contribution in [3.63, 3.8) is 0 Å². The summed E-state index contributed by atoms with van der Waals surface area (Å²) in [6.07, 6.45) is 2.12. The summed E-state index contributed by atoms with van der Waals surface area (Å²) >= 11 is 0. The Bertz CT molecular complexity index is 1880. The molecule has 0 spiro atoms. The Morgan fingerprint density at radius 1 is 0.929 bits per heavy atom. The van der Waals surface area contributed by atoms with Crippen molar-refractivity contribution in [1.29, 1.82) is 0 Å². The Morgan fingerprint density at radius 3 is 2.27 bits per heavy atom. The Labute approximate surface area is 321 Å². The van der Waals surface area contributed by atoms with Crippen LogP contribution in [-0.2, 0) is 24.0 Å². The van der Waals surface area contributed by atoms with Gasteiger partial charge in [-0.3, -0.25) is 24.0 Å². The maximum atomic E-state index is 14.6. The molecule has 0 saturated heterocycles. The van der Waals surface area contributed by atoms with E-state index in [-0.39, 0.29) is 54.7 Å². The van der Waals surface area contributed by atoms with Gasteiger partial charge in [-0.2, -0.15) is 5.06 Å². The number of nitrogens with zero attached hydrogens (tertiary/aromatic N) is 1. The first kappa shape index (κ1) is 43.9. The van der Waals surface area contributed by atoms with Gasteiger partial charge in [0.2, 0.25) is 12.3 Å². The van der Waals surface area contributed by atoms with Crippen LogP contribution in [0.4, 0.5) is 4.39 Å². The second-order valence-electron chi connectivity index (χ2n) is 12.3. The van der Waals surface area contributed by atoms with Crippen molar-refractivity contribution in [2.24, 2.45) is 5.92 Å². The number of carbonyl (C=O) groups is 7. The molecule has 0 aliphatic carbocycles. The summed E-state index contributed by atoms with van der Waals surface area (Å²) in [5.41, 5.74) is -0.122. The standard InChI is InChI=1S/C38H45FN4O13/c1-5-8-9-10-25(29(6-2)43(21-44)56-38(52)24-14-12-23(53-4)18-27(24)39)34(47)40-20-41-36(49)31-16-15-30(55-31)22-11-13-26(32(17-22)54-7-3)35(48)42-28(37(50)51)19-33(45)46/h11-18,21,25,28-29H,5-10,19-20H2,1-4H3,(H,40,47)(H,41,49)(H,42,48)(H,45,46)(H,50,51). The van der Waals surface area contributed by atoms with Crippen molar-refractivity contribution >= 4 is 42.0 Å². The lowest BCUT2D eigenvalue weighted by Crippen LogP contribution is -2.49. The molecule has 4 amide bonds. The van der Waals surface area contributed by atoms with Gasteiger partial charge in [-0.25, -0.2) is 14.0 Å². The molecule has 0 radical (unpaired) electrons. The number of benzene rings is 2. The highest BCUT2D eigenvalue weighted by Crippen LogP contribution is 2.30. The van der Waals surface area contributed by atoms with Crippen LogP contribution < -0.4 is 25.4 Å². The second kappa shape index (κ2) is 21.4. The Hall–Kier alpha value is -6.46. The number of hydroxylamine groups is 2. The summed E-state index contributed by atoms with van der Waals surface area (Å²) in [6, 6.07) is 7.97. The van der Waals surface area contributed by atoms with Gasteiger partial charge in [0.05, 0.1) is 49.9 Å². The van der Waals surface area contributed by atoms with Gasteiger partial charge in [0.25, 0.3) is 11.8 Å². The van der Waals surface area contributed by atoms with E-state index in [1.165, 1.54) is 43.5 Å². The van der Waals surface area contributed by atoms with Gasteiger partial charge in [0.1, 0.15) is 29.1 Å². The van der Waals surface area contributed by atoms with E-state index in [1.54, 1.807) is 13.8 Å². The zero-order chi connectivity index (χ0) is 41.4. The van der Waals surface area contributed by atoms with Crippen molar-refractivity contribution in [1.82, 2.24) is 21.0 Å². The number of hydrogen-bond donors (Lipinski definition) is 5. The van der Waals surface area contributed by atoms with E-state index in [0.717, 1.165) is 25.0 Å². The third-order valence-corrected chi connectivity index (χ3v) is 8.49. The molecule has 0 fully saturated rings. The van der Waals surface area contributed by atoms with Crippen LogP contribution in [0.1, 0.15) is 90.6 Å². The van der Waals surface area contributed by atoms with Crippen molar-refractivity contribution in [3.8, 4) is 22.8 Å². The molecule has 0 aliphatic heterocycles. The SMILES string of the molecule is CCCCCC(C(=O)NCNC(=O)c1ccc(-c2ccc(C(=O)NC(CC(=O)O)C(=O)O)c(OCC)c2)o1)C(CC)N(C=O)OC(=O)c1ccc(OC)cc1F. The summed E-state index contributed by atoms with van der Waals surface area (Å²) in [7, 11) is 1.33. The number of amides is 4. The molecule has 1 aromatic heterocycles. The van der Waals surface area contributed by atoms with E-state index in [9.17, 15) is 43.1 Å². The molecular formula is C38H45FN4O13. The molecule has 2 aromatic carbocycles. The normalized spacial score (nSPS) is 12.3. The third-order valence-electron chi connectivity index (χ3n) is 8.49. The predicted molar refractivity (Wildman–Crippen MR) is 195 cm³/mol. The molecule has 3 aromatic rings. The van der Waals surface area contributed by atoms with Crippen molar-refractivity contribution in [2.45, 2.75) is 71.4 Å². The van der Waals surface area contributed by atoms with E-state index in [2.05, 4.69) is 16.0 Å². The summed E-state index contributed by atoms with van der Waals surface area (Å²) in [6.45, 7) is 5.10. The minimum Gasteiger partial charge on any atom is -0.497 e. The number of ether oxygens (including phenoxy) is 2. The van der Waals surface area contributed by atoms with Crippen LogP contribution in [0, 0.1) is 11.7 Å². The topological polar surface area (TPSA) is 240 Å². The Balaban J connectivity index is 1.70. The summed E-state index contributed by atoms with van der Waals surface area (Å²) in [5, 5.41) is 26.3. The summed E-state index contributed by atoms with van der Waals surface area (Å²) in [4.78, 5) is 92.1. The van der Waals surface area contributed by atoms with Crippen LogP contribution in [0.3, 0.4) is 0 Å². The second-order valence-corrected chi connectivity index (χ2v) is 12.3. The number of unbranched alkanes of at least 4 members (excludes halogenated alkanes) is 2. The van der Waals surface area contributed by atoms with Gasteiger partial charge in [-0.05, 0) is 56.2 Å². The number of rotatable bonds is 23. The lowest BCUT2D eigenvalue weighted by Gasteiger charge is -2.31. The molecule has 5 N–H and O–H groups in total. The van der Waals surface area contributed by atoms with Gasteiger partial charge in [-0.15, -0.1) is 0 Å². The number of carbonyl (C=O) groups excluding carboxylic acids is 5. The quantitative estimate of drug-likeness (QED) is 0.0393. The Kier molecular flexibility index (Phi) is 16.8. The van der Waals surface area contributed by atoms with E-state index < -0.39 is 71.4 Å². The fraction of sp³-hybridized carbons (Fsp3) is 0.395. The van der Waals surface area contributed by atoms with Gasteiger partial charge >= 0.3 is 17.9 Å². The molecule has 56 heavy (non-hydrogen) atoms. The first-order valence-electron chi connectivity index (χ1n) is 17.8. The zero-order valence-electron chi connectivity index (χ0n) is 31.3. The molecule has 3 rings (SSSR count). The molecule has 3 unspecified atom stereocenters. The maximum absolute atomic E-state index is 14.6. The minimum atomic E-state index is -1.68. The molecule has 17 nitrogen and oxygen atoms in total. The van der Waals surface area contributed by atoms with Crippen molar-refractivity contribution < 1.29 is 66.9 Å². The van der Waals surface area contributed by atoms with Crippen LogP contribution in [0.15, 0.2) is 52.9 Å². The van der Waals surface area contributed by atoms with Crippen LogP contribution in [0.25, 0.3) is 11.3 Å². The minimum absolute atomic E-state index is 0.0433. The highest BCUT2D eigenvalue weighted by Gasteiger charge is 2.34. The van der Waals surface area contributed by atoms with Crippen molar-refractivity contribution in [2.75, 3.05) is 20.4 Å². The number of furan rings is 1. The maximum Gasteiger partial charge on any atom is 0.366 e. The third kappa shape index (κ3) is 12.0. The molecule has 1 heterocycles. The van der Waals surface area contributed by atoms with Gasteiger partial charge in [0, 0.05) is 11.6 Å². The molecule has 0 aliphatic rings. The first-order valence-corrected chi connectivity index (χ1v) is 17.8. The molecule has 302 valence electrons. The van der Waals surface area contributed by atoms with E-state index in [4.69, 9.17) is 23.8 Å². The smallest absolute Gasteiger partial charge is 0.366 e. The number of nitrogens with one attached hydrogen (secondary N) is 3. The highest BCUT2D eigenvalue weighted by molar-refractivity contribution is 6.00. The van der Waals surface area contributed by atoms with Crippen LogP contribution >= 0.6 is 0 Å². The predicted octanol–water partition coefficient (Wildman–Crippen LogP) is 4.16. The average molecular weight is 785 g/mol. The molecule has 0 bridgehead atoms. The fourth-order valence-electron chi connectivity index (χ4n) is 5.65. The summed E-state index contributed by atoms with van der Waals surface area (Å²) in [5.74, 6) is -7.74. The number of aliphatic carboxylic acids is 2. The number of hydrogen-bond acceptors (Lipinski definition) is 11. The molecule has 18 heteroatoms. The van der Waals surface area contributed by atoms with Gasteiger partial charge in [-0.1, -0.05) is 39.2 Å².